The molecule has 2 aliphatic heterocycles. The standard InChI is InChI=1S/C19H23NO2/c1-3-21-15-8-7-12-11-14-13-5-4-6-16-19(13,9-10-20(14)2)17(12)18(15)22-16/h4-5,7-8,13-14,16H,3,6,9-11H2,1-2H3/t13-,14+,16-,19+/m0/s1. The summed E-state index contributed by atoms with van der Waals surface area (Å²) in [5, 5.41) is 0. The van der Waals surface area contributed by atoms with Gasteiger partial charge in [-0.15, -0.1) is 0 Å². The van der Waals surface area contributed by atoms with Crippen LogP contribution in [0.5, 0.6) is 11.5 Å². The largest absolute Gasteiger partial charge is 0.490 e. The molecule has 4 aliphatic rings. The zero-order chi connectivity index (χ0) is 14.9. The van der Waals surface area contributed by atoms with E-state index < -0.39 is 0 Å². The van der Waals surface area contributed by atoms with Crippen molar-refractivity contribution in [2.75, 3.05) is 20.2 Å². The fraction of sp³-hybridized carbons (Fsp3) is 0.579. The van der Waals surface area contributed by atoms with E-state index in [0.29, 0.717) is 24.7 Å². The molecule has 0 radical (unpaired) electrons. The molecule has 1 aromatic rings. The maximum atomic E-state index is 6.50. The summed E-state index contributed by atoms with van der Waals surface area (Å²) in [4.78, 5) is 2.56. The predicted molar refractivity (Wildman–Crippen MR) is 85.7 cm³/mol. The molecule has 0 saturated carbocycles. The van der Waals surface area contributed by atoms with Crippen LogP contribution in [0.3, 0.4) is 0 Å². The van der Waals surface area contributed by atoms with Gasteiger partial charge in [0, 0.05) is 29.4 Å². The zero-order valence-corrected chi connectivity index (χ0v) is 13.3. The summed E-state index contributed by atoms with van der Waals surface area (Å²) in [5.41, 5.74) is 3.17. The first-order chi connectivity index (χ1) is 10.8. The van der Waals surface area contributed by atoms with Crippen molar-refractivity contribution in [1.29, 1.82) is 0 Å². The molecule has 0 N–H and O–H groups in total. The molecule has 22 heavy (non-hydrogen) atoms. The molecule has 1 aromatic carbocycles. The highest BCUT2D eigenvalue weighted by Crippen LogP contribution is 2.62. The van der Waals surface area contributed by atoms with E-state index in [4.69, 9.17) is 9.47 Å². The molecule has 3 heteroatoms. The lowest BCUT2D eigenvalue weighted by Gasteiger charge is -2.55. The van der Waals surface area contributed by atoms with Crippen LogP contribution in [0.25, 0.3) is 0 Å². The molecule has 4 atom stereocenters. The van der Waals surface area contributed by atoms with Gasteiger partial charge in [-0.05, 0) is 45.0 Å². The van der Waals surface area contributed by atoms with E-state index in [1.165, 1.54) is 24.1 Å². The van der Waals surface area contributed by atoms with Crippen LogP contribution in [-0.2, 0) is 11.8 Å². The molecule has 1 fully saturated rings. The Balaban J connectivity index is 1.77. The molecule has 2 bridgehead atoms. The molecule has 2 aliphatic carbocycles. The molecule has 1 spiro atoms. The van der Waals surface area contributed by atoms with Gasteiger partial charge in [0.05, 0.1) is 6.61 Å². The molecule has 0 aromatic heterocycles. The van der Waals surface area contributed by atoms with Crippen LogP contribution in [0.2, 0.25) is 0 Å². The van der Waals surface area contributed by atoms with Crippen molar-refractivity contribution in [3.05, 3.63) is 35.4 Å². The first kappa shape index (κ1) is 13.0. The van der Waals surface area contributed by atoms with Crippen molar-refractivity contribution in [2.24, 2.45) is 5.92 Å². The van der Waals surface area contributed by atoms with Crippen LogP contribution in [0.4, 0.5) is 0 Å². The highest BCUT2D eigenvalue weighted by molar-refractivity contribution is 5.61. The van der Waals surface area contributed by atoms with Crippen molar-refractivity contribution in [3.63, 3.8) is 0 Å². The average Bonchev–Trinajstić information content (AvgIpc) is 2.87. The van der Waals surface area contributed by atoms with E-state index >= 15 is 0 Å². The summed E-state index contributed by atoms with van der Waals surface area (Å²) >= 11 is 0. The predicted octanol–water partition coefficient (Wildman–Crippen LogP) is 2.92. The van der Waals surface area contributed by atoms with Crippen molar-refractivity contribution < 1.29 is 9.47 Å². The molecule has 0 amide bonds. The van der Waals surface area contributed by atoms with Gasteiger partial charge >= 0.3 is 0 Å². The van der Waals surface area contributed by atoms with Crippen molar-refractivity contribution in [1.82, 2.24) is 4.90 Å². The second kappa shape index (κ2) is 4.29. The summed E-state index contributed by atoms with van der Waals surface area (Å²) in [5.74, 6) is 2.60. The Hall–Kier alpha value is -1.48. The van der Waals surface area contributed by atoms with Crippen molar-refractivity contribution in [2.45, 2.75) is 43.7 Å². The van der Waals surface area contributed by atoms with Crippen LogP contribution >= 0.6 is 0 Å². The highest BCUT2D eigenvalue weighted by atomic mass is 16.5. The maximum Gasteiger partial charge on any atom is 0.165 e. The van der Waals surface area contributed by atoms with Crippen LogP contribution < -0.4 is 9.47 Å². The van der Waals surface area contributed by atoms with Gasteiger partial charge in [0.2, 0.25) is 0 Å². The van der Waals surface area contributed by atoms with Gasteiger partial charge in [-0.1, -0.05) is 18.2 Å². The van der Waals surface area contributed by atoms with Gasteiger partial charge in [0.15, 0.2) is 11.5 Å². The van der Waals surface area contributed by atoms with Crippen LogP contribution in [0, 0.1) is 5.92 Å². The number of likely N-dealkylation sites (N-methyl/N-ethyl adjacent to an activating group) is 1. The average molecular weight is 297 g/mol. The van der Waals surface area contributed by atoms with E-state index in [9.17, 15) is 0 Å². The number of rotatable bonds is 2. The van der Waals surface area contributed by atoms with Crippen molar-refractivity contribution in [3.8, 4) is 11.5 Å². The van der Waals surface area contributed by atoms with Gasteiger partial charge in [-0.2, -0.15) is 0 Å². The summed E-state index contributed by atoms with van der Waals surface area (Å²) in [6.07, 6.45) is 8.50. The lowest BCUT2D eigenvalue weighted by molar-refractivity contribution is 0.00192. The Labute approximate surface area is 131 Å². The number of ether oxygens (including phenoxy) is 2. The lowest BCUT2D eigenvalue weighted by atomic mass is 9.54. The quantitative estimate of drug-likeness (QED) is 0.784. The number of benzene rings is 1. The van der Waals surface area contributed by atoms with E-state index in [0.717, 1.165) is 24.3 Å². The van der Waals surface area contributed by atoms with Crippen LogP contribution in [0.1, 0.15) is 30.9 Å². The molecule has 3 nitrogen and oxygen atoms in total. The number of nitrogens with zero attached hydrogens (tertiary/aromatic N) is 1. The Morgan fingerprint density at radius 1 is 1.41 bits per heavy atom. The van der Waals surface area contributed by atoms with Gasteiger partial charge in [-0.25, -0.2) is 0 Å². The Morgan fingerprint density at radius 3 is 3.18 bits per heavy atom. The topological polar surface area (TPSA) is 21.7 Å². The Bertz CT molecular complexity index is 668. The number of piperidine rings is 1. The summed E-state index contributed by atoms with van der Waals surface area (Å²) in [6, 6.07) is 5.03. The summed E-state index contributed by atoms with van der Waals surface area (Å²) < 4.78 is 12.4. The van der Waals surface area contributed by atoms with Gasteiger partial charge in [0.1, 0.15) is 6.10 Å². The van der Waals surface area contributed by atoms with Gasteiger partial charge < -0.3 is 14.4 Å². The third-order valence-corrected chi connectivity index (χ3v) is 6.38. The Morgan fingerprint density at radius 2 is 2.32 bits per heavy atom. The minimum atomic E-state index is 0.196. The van der Waals surface area contributed by atoms with E-state index in [1.54, 1.807) is 0 Å². The molecular formula is C19H23NO2. The Kier molecular flexibility index (Phi) is 2.53. The normalized spacial score (nSPS) is 37.6. The van der Waals surface area contributed by atoms with Gasteiger partial charge in [0.25, 0.3) is 0 Å². The number of hydrogen-bond acceptors (Lipinski definition) is 3. The molecule has 116 valence electrons. The first-order valence-corrected chi connectivity index (χ1v) is 8.58. The molecule has 5 rings (SSSR count). The summed E-state index contributed by atoms with van der Waals surface area (Å²) in [7, 11) is 2.28. The van der Waals surface area contributed by atoms with Crippen LogP contribution in [-0.4, -0.2) is 37.2 Å². The maximum absolute atomic E-state index is 6.50. The lowest BCUT2D eigenvalue weighted by Crippen LogP contribution is -2.62. The van der Waals surface area contributed by atoms with Gasteiger partial charge in [-0.3, -0.25) is 0 Å². The molecular weight excluding hydrogens is 274 g/mol. The zero-order valence-electron chi connectivity index (χ0n) is 13.3. The number of hydrogen-bond donors (Lipinski definition) is 0. The van der Waals surface area contributed by atoms with E-state index in [2.05, 4.69) is 36.2 Å². The monoisotopic (exact) mass is 297 g/mol. The van der Waals surface area contributed by atoms with Crippen molar-refractivity contribution >= 4 is 0 Å². The third-order valence-electron chi connectivity index (χ3n) is 6.38. The molecule has 0 unspecified atom stereocenters. The second-order valence-corrected chi connectivity index (χ2v) is 7.20. The highest BCUT2D eigenvalue weighted by Gasteiger charge is 2.62. The smallest absolute Gasteiger partial charge is 0.165 e. The second-order valence-electron chi connectivity index (χ2n) is 7.20. The molecule has 1 saturated heterocycles. The van der Waals surface area contributed by atoms with E-state index in [-0.39, 0.29) is 5.41 Å². The fourth-order valence-electron chi connectivity index (χ4n) is 5.47. The third kappa shape index (κ3) is 1.37. The SMILES string of the molecule is CCOc1ccc2c3c1O[C@H]1CC=C[C@H]4[C@@H](C2)N(C)CC[C@]314. The minimum Gasteiger partial charge on any atom is -0.490 e. The minimum absolute atomic E-state index is 0.196. The summed E-state index contributed by atoms with van der Waals surface area (Å²) in [6.45, 7) is 3.91. The van der Waals surface area contributed by atoms with Crippen LogP contribution in [0.15, 0.2) is 24.3 Å². The number of likely N-dealkylation sites (tertiary alicyclic amines) is 1. The van der Waals surface area contributed by atoms with E-state index in [1.807, 2.05) is 6.92 Å². The first-order valence-electron chi connectivity index (χ1n) is 8.58. The molecule has 2 heterocycles. The fourth-order valence-corrected chi connectivity index (χ4v) is 5.47.